The summed E-state index contributed by atoms with van der Waals surface area (Å²) in [6.45, 7) is 11.0. The summed E-state index contributed by atoms with van der Waals surface area (Å²) >= 11 is 0. The van der Waals surface area contributed by atoms with Crippen LogP contribution < -0.4 is 0 Å². The average Bonchev–Trinajstić information content (AvgIpc) is 2.54. The van der Waals surface area contributed by atoms with Gasteiger partial charge < -0.3 is 4.74 Å². The number of carbonyl (C=O) groups is 1. The van der Waals surface area contributed by atoms with Gasteiger partial charge in [-0.15, -0.1) is 5.73 Å². The molecule has 1 aliphatic carbocycles. The minimum Gasteiger partial charge on any atom is -0.469 e. The Morgan fingerprint density at radius 1 is 1.17 bits per heavy atom. The van der Waals surface area contributed by atoms with E-state index >= 15 is 0 Å². The Morgan fingerprint density at radius 2 is 1.74 bits per heavy atom. The topological polar surface area (TPSA) is 26.3 Å². The zero-order valence-electron chi connectivity index (χ0n) is 16.1. The first-order valence-corrected chi connectivity index (χ1v) is 9.19. The van der Waals surface area contributed by atoms with Crippen molar-refractivity contribution in [3.8, 4) is 0 Å². The van der Waals surface area contributed by atoms with Gasteiger partial charge in [0.05, 0.1) is 12.5 Å². The van der Waals surface area contributed by atoms with Gasteiger partial charge in [0.2, 0.25) is 0 Å². The third-order valence-corrected chi connectivity index (χ3v) is 5.77. The van der Waals surface area contributed by atoms with E-state index in [1.54, 1.807) is 0 Å². The number of rotatable bonds is 9. The van der Waals surface area contributed by atoms with Crippen LogP contribution in [0.25, 0.3) is 0 Å². The molecule has 0 heterocycles. The molecule has 1 aliphatic rings. The second-order valence-electron chi connectivity index (χ2n) is 8.54. The minimum absolute atomic E-state index is 0.0893. The van der Waals surface area contributed by atoms with E-state index in [4.69, 9.17) is 4.74 Å². The van der Waals surface area contributed by atoms with E-state index in [0.29, 0.717) is 17.3 Å². The third kappa shape index (κ3) is 6.55. The van der Waals surface area contributed by atoms with Gasteiger partial charge in [-0.25, -0.2) is 0 Å². The molecule has 1 atom stereocenters. The van der Waals surface area contributed by atoms with Crippen molar-refractivity contribution in [3.63, 3.8) is 0 Å². The first-order chi connectivity index (χ1) is 10.7. The molecule has 0 bridgehead atoms. The monoisotopic (exact) mass is 320 g/mol. The number of allylic oxidation sites excluding steroid dienone is 1. The predicted octanol–water partition coefficient (Wildman–Crippen LogP) is 5.92. The van der Waals surface area contributed by atoms with Gasteiger partial charge in [0, 0.05) is 0 Å². The van der Waals surface area contributed by atoms with E-state index in [1.165, 1.54) is 26.4 Å². The van der Waals surface area contributed by atoms with Crippen LogP contribution in [-0.4, -0.2) is 13.1 Å². The highest BCUT2D eigenvalue weighted by Crippen LogP contribution is 2.38. The maximum Gasteiger partial charge on any atom is 0.311 e. The smallest absolute Gasteiger partial charge is 0.311 e. The summed E-state index contributed by atoms with van der Waals surface area (Å²) in [6.07, 6.45) is 12.4. The zero-order chi connectivity index (χ0) is 17.5. The molecule has 23 heavy (non-hydrogen) atoms. The molecule has 0 aromatic rings. The standard InChI is InChI=1S/C21H36O2/c1-7-20(2,3)15-13-18(17-11-9-8-10-12-17)14-16-21(4,5)19(22)23-6/h9-10,17-18H,7,11-16H2,1-6H3. The minimum atomic E-state index is -0.381. The molecular formula is C21H36O2. The van der Waals surface area contributed by atoms with Crippen LogP contribution in [0.5, 0.6) is 0 Å². The van der Waals surface area contributed by atoms with Crippen LogP contribution in [0.2, 0.25) is 0 Å². The lowest BCUT2D eigenvalue weighted by molar-refractivity contribution is -0.151. The van der Waals surface area contributed by atoms with Crippen molar-refractivity contribution < 1.29 is 9.53 Å². The quantitative estimate of drug-likeness (QED) is 0.389. The van der Waals surface area contributed by atoms with E-state index in [9.17, 15) is 4.79 Å². The van der Waals surface area contributed by atoms with E-state index in [-0.39, 0.29) is 11.4 Å². The fourth-order valence-electron chi connectivity index (χ4n) is 3.30. The molecule has 0 spiro atoms. The Hall–Kier alpha value is -1.01. The molecule has 0 amide bonds. The maximum absolute atomic E-state index is 11.9. The number of hydrogen-bond acceptors (Lipinski definition) is 2. The van der Waals surface area contributed by atoms with Crippen LogP contribution in [0.15, 0.2) is 17.9 Å². The molecule has 0 N–H and O–H groups in total. The normalized spacial score (nSPS) is 17.3. The van der Waals surface area contributed by atoms with Crippen LogP contribution in [0.1, 0.15) is 79.6 Å². The van der Waals surface area contributed by atoms with Gasteiger partial charge in [0.1, 0.15) is 0 Å². The summed E-state index contributed by atoms with van der Waals surface area (Å²) in [5, 5.41) is 0. The Morgan fingerprint density at radius 3 is 2.26 bits per heavy atom. The number of ether oxygens (including phenoxy) is 1. The van der Waals surface area contributed by atoms with E-state index in [2.05, 4.69) is 38.7 Å². The lowest BCUT2D eigenvalue weighted by atomic mass is 9.73. The molecule has 132 valence electrons. The Balaban J connectivity index is 2.68. The molecule has 2 heteroatoms. The Labute approximate surface area is 143 Å². The summed E-state index contributed by atoms with van der Waals surface area (Å²) < 4.78 is 4.96. The fourth-order valence-corrected chi connectivity index (χ4v) is 3.30. The number of carbonyl (C=O) groups excluding carboxylic acids is 1. The second-order valence-corrected chi connectivity index (χ2v) is 8.54. The van der Waals surface area contributed by atoms with Gasteiger partial charge in [0.25, 0.3) is 0 Å². The second kappa shape index (κ2) is 8.73. The van der Waals surface area contributed by atoms with E-state index < -0.39 is 0 Å². The molecule has 1 unspecified atom stereocenters. The van der Waals surface area contributed by atoms with Crippen LogP contribution in [0.3, 0.4) is 0 Å². The van der Waals surface area contributed by atoms with Crippen molar-refractivity contribution >= 4 is 5.97 Å². The van der Waals surface area contributed by atoms with Crippen molar-refractivity contribution in [1.82, 2.24) is 0 Å². The summed E-state index contributed by atoms with van der Waals surface area (Å²) in [7, 11) is 1.49. The highest BCUT2D eigenvalue weighted by atomic mass is 16.5. The van der Waals surface area contributed by atoms with E-state index in [0.717, 1.165) is 25.7 Å². The van der Waals surface area contributed by atoms with Crippen LogP contribution in [0, 0.1) is 22.7 Å². The molecule has 0 saturated heterocycles. The highest BCUT2D eigenvalue weighted by molar-refractivity contribution is 5.75. The lowest BCUT2D eigenvalue weighted by Gasteiger charge is -2.32. The molecule has 0 aliphatic heterocycles. The third-order valence-electron chi connectivity index (χ3n) is 5.77. The molecule has 0 radical (unpaired) electrons. The number of hydrogen-bond donors (Lipinski definition) is 0. The summed E-state index contributed by atoms with van der Waals surface area (Å²) in [6, 6.07) is 0. The van der Waals surface area contributed by atoms with Crippen molar-refractivity contribution in [2.24, 2.45) is 22.7 Å². The van der Waals surface area contributed by atoms with Crippen molar-refractivity contribution in [3.05, 3.63) is 17.9 Å². The van der Waals surface area contributed by atoms with Gasteiger partial charge >= 0.3 is 5.97 Å². The van der Waals surface area contributed by atoms with Gasteiger partial charge in [-0.2, -0.15) is 0 Å². The van der Waals surface area contributed by atoms with Gasteiger partial charge in [-0.05, 0) is 81.8 Å². The van der Waals surface area contributed by atoms with Crippen LogP contribution in [-0.2, 0) is 9.53 Å². The molecule has 1 rings (SSSR count). The summed E-state index contributed by atoms with van der Waals surface area (Å²) in [5.74, 6) is 1.30. The SMILES string of the molecule is CCC(C)(C)CCC(CCC(C)(C)C(=O)OC)C1CC=C=CC1. The van der Waals surface area contributed by atoms with Crippen molar-refractivity contribution in [2.75, 3.05) is 7.11 Å². The zero-order valence-corrected chi connectivity index (χ0v) is 16.1. The molecule has 0 saturated carbocycles. The number of methoxy groups -OCH3 is 1. The largest absolute Gasteiger partial charge is 0.469 e. The predicted molar refractivity (Wildman–Crippen MR) is 97.2 cm³/mol. The molecule has 0 fully saturated rings. The molecular weight excluding hydrogens is 284 g/mol. The van der Waals surface area contributed by atoms with Crippen molar-refractivity contribution in [1.29, 1.82) is 0 Å². The number of esters is 1. The lowest BCUT2D eigenvalue weighted by Crippen LogP contribution is -2.28. The summed E-state index contributed by atoms with van der Waals surface area (Å²) in [4.78, 5) is 11.9. The molecule has 0 aromatic heterocycles. The first-order valence-electron chi connectivity index (χ1n) is 9.19. The van der Waals surface area contributed by atoms with Crippen molar-refractivity contribution in [2.45, 2.75) is 79.6 Å². The van der Waals surface area contributed by atoms with Crippen LogP contribution in [0.4, 0.5) is 0 Å². The maximum atomic E-state index is 11.9. The fraction of sp³-hybridized carbons (Fsp3) is 0.810. The first kappa shape index (κ1) is 20.0. The van der Waals surface area contributed by atoms with Gasteiger partial charge in [0.15, 0.2) is 0 Å². The van der Waals surface area contributed by atoms with Gasteiger partial charge in [-0.1, -0.05) is 27.2 Å². The Bertz CT molecular complexity index is 429. The highest BCUT2D eigenvalue weighted by Gasteiger charge is 2.31. The average molecular weight is 321 g/mol. The molecule has 0 aromatic carbocycles. The van der Waals surface area contributed by atoms with E-state index in [1.807, 2.05) is 13.8 Å². The summed E-state index contributed by atoms with van der Waals surface area (Å²) in [5.41, 5.74) is 3.26. The van der Waals surface area contributed by atoms with Crippen LogP contribution >= 0.6 is 0 Å². The Kier molecular flexibility index (Phi) is 7.61. The molecule has 2 nitrogen and oxygen atoms in total. The van der Waals surface area contributed by atoms with Gasteiger partial charge in [-0.3, -0.25) is 4.79 Å².